The predicted octanol–water partition coefficient (Wildman–Crippen LogP) is 2.10. The molecule has 0 spiro atoms. The molecule has 0 aliphatic heterocycles. The maximum Gasteiger partial charge on any atom is 0.108 e. The zero-order valence-electron chi connectivity index (χ0n) is 9.00. The lowest BCUT2D eigenvalue weighted by molar-refractivity contribution is 0.900. The van der Waals surface area contributed by atoms with Crippen molar-refractivity contribution in [3.8, 4) is 0 Å². The van der Waals surface area contributed by atoms with Crippen LogP contribution in [0.4, 0.5) is 0 Å². The van der Waals surface area contributed by atoms with E-state index in [0.29, 0.717) is 6.54 Å². The van der Waals surface area contributed by atoms with Gasteiger partial charge in [0.2, 0.25) is 0 Å². The Kier molecular flexibility index (Phi) is 3.72. The molecule has 0 atom stereocenters. The van der Waals surface area contributed by atoms with Crippen LogP contribution in [0.25, 0.3) is 11.0 Å². The van der Waals surface area contributed by atoms with Gasteiger partial charge in [0.15, 0.2) is 0 Å². The summed E-state index contributed by atoms with van der Waals surface area (Å²) < 4.78 is 0. The lowest BCUT2D eigenvalue weighted by atomic mass is 10.1. The van der Waals surface area contributed by atoms with Gasteiger partial charge >= 0.3 is 0 Å². The van der Waals surface area contributed by atoms with Gasteiger partial charge < -0.3 is 10.7 Å². The van der Waals surface area contributed by atoms with Crippen LogP contribution in [-0.4, -0.2) is 16.5 Å². The van der Waals surface area contributed by atoms with E-state index in [1.807, 2.05) is 0 Å². The average Bonchev–Trinajstić information content (AvgIpc) is 2.48. The van der Waals surface area contributed by atoms with Crippen molar-refractivity contribution in [2.75, 3.05) is 6.54 Å². The topological polar surface area (TPSA) is 54.7 Å². The van der Waals surface area contributed by atoms with E-state index in [1.165, 1.54) is 11.1 Å². The lowest BCUT2D eigenvalue weighted by Crippen LogP contribution is -2.03. The molecule has 3 nitrogen and oxygen atoms in total. The van der Waals surface area contributed by atoms with E-state index in [4.69, 9.17) is 5.73 Å². The zero-order chi connectivity index (χ0) is 10.1. The summed E-state index contributed by atoms with van der Waals surface area (Å²) in [4.78, 5) is 7.74. The second-order valence-electron chi connectivity index (χ2n) is 3.68. The predicted molar refractivity (Wildman–Crippen MR) is 65.6 cm³/mol. The molecule has 2 aromatic rings. The van der Waals surface area contributed by atoms with E-state index in [9.17, 15) is 0 Å². The molecule has 4 heteroatoms. The van der Waals surface area contributed by atoms with Crippen LogP contribution in [0.15, 0.2) is 12.1 Å². The number of aromatic amines is 1. The van der Waals surface area contributed by atoms with E-state index in [0.717, 1.165) is 23.3 Å². The Bertz CT molecular complexity index is 423. The Morgan fingerprint density at radius 2 is 1.93 bits per heavy atom. The molecule has 1 heterocycles. The Morgan fingerprint density at radius 3 is 2.60 bits per heavy atom. The third-order valence-electron chi connectivity index (χ3n) is 2.53. The quantitative estimate of drug-likeness (QED) is 0.823. The average molecular weight is 226 g/mol. The number of nitrogens with one attached hydrogen (secondary N) is 1. The standard InChI is InChI=1S/C11H15N3.ClH/c1-7-5-9-10(6-8(7)2)14-11(13-9)3-4-12;/h5-6H,3-4,12H2,1-2H3,(H,13,14);1H. The summed E-state index contributed by atoms with van der Waals surface area (Å²) >= 11 is 0. The molecule has 0 amide bonds. The molecular formula is C11H16ClN3. The molecular weight excluding hydrogens is 210 g/mol. The van der Waals surface area contributed by atoms with Gasteiger partial charge in [-0.25, -0.2) is 4.98 Å². The van der Waals surface area contributed by atoms with Crippen molar-refractivity contribution in [1.82, 2.24) is 9.97 Å². The van der Waals surface area contributed by atoms with Gasteiger partial charge in [-0.3, -0.25) is 0 Å². The van der Waals surface area contributed by atoms with Crippen molar-refractivity contribution >= 4 is 23.4 Å². The van der Waals surface area contributed by atoms with Crippen molar-refractivity contribution in [2.45, 2.75) is 20.3 Å². The highest BCUT2D eigenvalue weighted by molar-refractivity contribution is 5.85. The fourth-order valence-electron chi connectivity index (χ4n) is 1.58. The van der Waals surface area contributed by atoms with Crippen LogP contribution in [0.3, 0.4) is 0 Å². The van der Waals surface area contributed by atoms with E-state index in [2.05, 4.69) is 35.9 Å². The van der Waals surface area contributed by atoms with Gasteiger partial charge in [0, 0.05) is 6.42 Å². The van der Waals surface area contributed by atoms with Gasteiger partial charge in [0.1, 0.15) is 5.82 Å². The zero-order valence-corrected chi connectivity index (χ0v) is 9.82. The summed E-state index contributed by atoms with van der Waals surface area (Å²) in [6.07, 6.45) is 0.812. The second kappa shape index (κ2) is 4.64. The maximum absolute atomic E-state index is 5.48. The molecule has 0 saturated heterocycles. The molecule has 82 valence electrons. The Labute approximate surface area is 95.5 Å². The first-order valence-electron chi connectivity index (χ1n) is 4.86. The highest BCUT2D eigenvalue weighted by Crippen LogP contribution is 2.17. The first-order valence-corrected chi connectivity index (χ1v) is 4.86. The number of fused-ring (bicyclic) bond motifs is 1. The number of H-pyrrole nitrogens is 1. The third-order valence-corrected chi connectivity index (χ3v) is 2.53. The van der Waals surface area contributed by atoms with Crippen LogP contribution in [-0.2, 0) is 6.42 Å². The minimum absolute atomic E-state index is 0. The molecule has 0 aliphatic carbocycles. The molecule has 0 unspecified atom stereocenters. The molecule has 0 aliphatic rings. The number of hydrogen-bond donors (Lipinski definition) is 2. The van der Waals surface area contributed by atoms with Crippen LogP contribution < -0.4 is 5.73 Å². The van der Waals surface area contributed by atoms with Crippen LogP contribution in [0.5, 0.6) is 0 Å². The van der Waals surface area contributed by atoms with Crippen molar-refractivity contribution < 1.29 is 0 Å². The number of benzene rings is 1. The molecule has 15 heavy (non-hydrogen) atoms. The molecule has 0 radical (unpaired) electrons. The Balaban J connectivity index is 0.00000112. The number of rotatable bonds is 2. The Morgan fingerprint density at radius 1 is 1.27 bits per heavy atom. The summed E-state index contributed by atoms with van der Waals surface area (Å²) in [5.74, 6) is 0.979. The summed E-state index contributed by atoms with van der Waals surface area (Å²) in [6.45, 7) is 4.85. The van der Waals surface area contributed by atoms with E-state index in [1.54, 1.807) is 0 Å². The van der Waals surface area contributed by atoms with Gasteiger partial charge in [-0.15, -0.1) is 12.4 Å². The molecule has 1 aromatic carbocycles. The maximum atomic E-state index is 5.48. The van der Waals surface area contributed by atoms with Gasteiger partial charge in [0.25, 0.3) is 0 Å². The Hall–Kier alpha value is -1.06. The number of aromatic nitrogens is 2. The number of aryl methyl sites for hydroxylation is 2. The van der Waals surface area contributed by atoms with Gasteiger partial charge in [-0.2, -0.15) is 0 Å². The summed E-state index contributed by atoms with van der Waals surface area (Å²) in [5.41, 5.74) is 10.2. The first-order chi connectivity index (χ1) is 6.70. The van der Waals surface area contributed by atoms with E-state index in [-0.39, 0.29) is 12.4 Å². The van der Waals surface area contributed by atoms with Crippen molar-refractivity contribution in [2.24, 2.45) is 5.73 Å². The number of nitrogens with zero attached hydrogens (tertiary/aromatic N) is 1. The minimum atomic E-state index is 0. The molecule has 0 saturated carbocycles. The smallest absolute Gasteiger partial charge is 0.108 e. The van der Waals surface area contributed by atoms with Gasteiger partial charge in [0.05, 0.1) is 11.0 Å². The second-order valence-corrected chi connectivity index (χ2v) is 3.68. The summed E-state index contributed by atoms with van der Waals surface area (Å²) in [5, 5.41) is 0. The van der Waals surface area contributed by atoms with Crippen LogP contribution in [0, 0.1) is 13.8 Å². The highest BCUT2D eigenvalue weighted by atomic mass is 35.5. The fourth-order valence-corrected chi connectivity index (χ4v) is 1.58. The first kappa shape index (κ1) is 12.0. The number of imidazole rings is 1. The molecule has 0 fully saturated rings. The third kappa shape index (κ3) is 2.30. The summed E-state index contributed by atoms with van der Waals surface area (Å²) in [6, 6.07) is 4.25. The normalized spacial score (nSPS) is 10.3. The number of hydrogen-bond acceptors (Lipinski definition) is 2. The molecule has 0 bridgehead atoms. The summed E-state index contributed by atoms with van der Waals surface area (Å²) in [7, 11) is 0. The van der Waals surface area contributed by atoms with E-state index < -0.39 is 0 Å². The largest absolute Gasteiger partial charge is 0.342 e. The van der Waals surface area contributed by atoms with Crippen molar-refractivity contribution in [1.29, 1.82) is 0 Å². The van der Waals surface area contributed by atoms with E-state index >= 15 is 0 Å². The van der Waals surface area contributed by atoms with Crippen molar-refractivity contribution in [3.05, 3.63) is 29.1 Å². The molecule has 3 N–H and O–H groups in total. The van der Waals surface area contributed by atoms with Crippen LogP contribution in [0.2, 0.25) is 0 Å². The van der Waals surface area contributed by atoms with Crippen LogP contribution in [0.1, 0.15) is 17.0 Å². The number of halogens is 1. The lowest BCUT2D eigenvalue weighted by Gasteiger charge is -1.97. The highest BCUT2D eigenvalue weighted by Gasteiger charge is 2.03. The van der Waals surface area contributed by atoms with Crippen molar-refractivity contribution in [3.63, 3.8) is 0 Å². The van der Waals surface area contributed by atoms with Gasteiger partial charge in [-0.05, 0) is 43.7 Å². The van der Waals surface area contributed by atoms with Crippen LogP contribution >= 0.6 is 12.4 Å². The fraction of sp³-hybridized carbons (Fsp3) is 0.364. The molecule has 1 aromatic heterocycles. The minimum Gasteiger partial charge on any atom is -0.342 e. The monoisotopic (exact) mass is 225 g/mol. The number of nitrogens with two attached hydrogens (primary N) is 1. The van der Waals surface area contributed by atoms with Gasteiger partial charge in [-0.1, -0.05) is 0 Å². The SMILES string of the molecule is Cc1cc2nc(CCN)[nH]c2cc1C.Cl. The molecule has 2 rings (SSSR count).